The molecule has 1 aliphatic heterocycles. The zero-order valence-corrected chi connectivity index (χ0v) is 15.0. The van der Waals surface area contributed by atoms with Crippen molar-refractivity contribution in [3.05, 3.63) is 22.7 Å². The average Bonchev–Trinajstić information content (AvgIpc) is 2.49. The van der Waals surface area contributed by atoms with Crippen LogP contribution in [0.1, 0.15) is 25.8 Å². The number of nitrogens with zero attached hydrogens (tertiary/aromatic N) is 1. The first-order valence-corrected chi connectivity index (χ1v) is 8.26. The fraction of sp³-hybridized carbons (Fsp3) is 0.588. The van der Waals surface area contributed by atoms with Crippen molar-refractivity contribution in [1.29, 1.82) is 0 Å². The molecule has 0 spiro atoms. The lowest BCUT2D eigenvalue weighted by molar-refractivity contribution is -0.139. The van der Waals surface area contributed by atoms with E-state index in [-0.39, 0.29) is 11.7 Å². The van der Waals surface area contributed by atoms with Gasteiger partial charge in [-0.1, -0.05) is 18.5 Å². The summed E-state index contributed by atoms with van der Waals surface area (Å²) in [6.45, 7) is 5.72. The monoisotopic (exact) mass is 357 g/mol. The topological polar surface area (TPSA) is 79.2 Å². The standard InChI is InChI=1S/C17H24ClNO5/c1-11-8-19(5-4-17(11,2)22)9-12-6-13(18)16(14(7-12)23-3)24-10-15(20)21/h6-7,11,22H,4-5,8-10H2,1-3H3,(H,20,21). The van der Waals surface area contributed by atoms with Gasteiger partial charge < -0.3 is 19.7 Å². The molecule has 24 heavy (non-hydrogen) atoms. The first kappa shape index (κ1) is 18.8. The first-order chi connectivity index (χ1) is 11.2. The Morgan fingerprint density at radius 3 is 2.79 bits per heavy atom. The molecule has 1 heterocycles. The van der Waals surface area contributed by atoms with Gasteiger partial charge >= 0.3 is 5.97 Å². The van der Waals surface area contributed by atoms with Gasteiger partial charge in [0.15, 0.2) is 18.1 Å². The quantitative estimate of drug-likeness (QED) is 0.814. The molecule has 1 aromatic carbocycles. The van der Waals surface area contributed by atoms with Gasteiger partial charge in [0.05, 0.1) is 17.7 Å². The highest BCUT2D eigenvalue weighted by molar-refractivity contribution is 6.32. The summed E-state index contributed by atoms with van der Waals surface area (Å²) in [7, 11) is 1.49. The maximum Gasteiger partial charge on any atom is 0.341 e. The molecule has 1 aliphatic rings. The molecule has 2 unspecified atom stereocenters. The summed E-state index contributed by atoms with van der Waals surface area (Å²) >= 11 is 6.23. The Hall–Kier alpha value is -1.50. The Morgan fingerprint density at radius 2 is 2.21 bits per heavy atom. The SMILES string of the molecule is COc1cc(CN2CCC(C)(O)C(C)C2)cc(Cl)c1OCC(=O)O. The van der Waals surface area contributed by atoms with Gasteiger partial charge in [-0.15, -0.1) is 0 Å². The fourth-order valence-electron chi connectivity index (χ4n) is 2.85. The van der Waals surface area contributed by atoms with E-state index in [4.69, 9.17) is 26.2 Å². The van der Waals surface area contributed by atoms with Crippen LogP contribution in [0.2, 0.25) is 5.02 Å². The van der Waals surface area contributed by atoms with E-state index in [1.807, 2.05) is 13.8 Å². The van der Waals surface area contributed by atoms with Crippen LogP contribution in [-0.4, -0.2) is 53.5 Å². The molecule has 0 aromatic heterocycles. The number of carboxylic acids is 1. The molecule has 2 atom stereocenters. The van der Waals surface area contributed by atoms with E-state index in [1.165, 1.54) is 7.11 Å². The summed E-state index contributed by atoms with van der Waals surface area (Å²) in [4.78, 5) is 12.9. The van der Waals surface area contributed by atoms with E-state index >= 15 is 0 Å². The van der Waals surface area contributed by atoms with Gasteiger partial charge in [0.25, 0.3) is 0 Å². The molecule has 2 rings (SSSR count). The molecule has 2 N–H and O–H groups in total. The van der Waals surface area contributed by atoms with Crippen LogP contribution in [-0.2, 0) is 11.3 Å². The molecular weight excluding hydrogens is 334 g/mol. The molecule has 0 aliphatic carbocycles. The minimum atomic E-state index is -1.08. The van der Waals surface area contributed by atoms with Crippen LogP contribution in [0.25, 0.3) is 0 Å². The van der Waals surface area contributed by atoms with Crippen molar-refractivity contribution in [2.24, 2.45) is 5.92 Å². The fourth-order valence-corrected chi connectivity index (χ4v) is 3.13. The minimum absolute atomic E-state index is 0.182. The second kappa shape index (κ2) is 7.59. The molecule has 7 heteroatoms. The summed E-state index contributed by atoms with van der Waals surface area (Å²) in [5.74, 6) is -0.246. The molecule has 0 amide bonds. The van der Waals surface area contributed by atoms with Crippen LogP contribution in [0.15, 0.2) is 12.1 Å². The van der Waals surface area contributed by atoms with Crippen molar-refractivity contribution in [2.45, 2.75) is 32.4 Å². The van der Waals surface area contributed by atoms with Gasteiger partial charge in [-0.2, -0.15) is 0 Å². The molecule has 1 saturated heterocycles. The van der Waals surface area contributed by atoms with E-state index in [2.05, 4.69) is 4.90 Å². The van der Waals surface area contributed by atoms with E-state index < -0.39 is 18.2 Å². The van der Waals surface area contributed by atoms with Gasteiger partial charge in [-0.3, -0.25) is 4.90 Å². The second-order valence-electron chi connectivity index (χ2n) is 6.53. The number of carboxylic acid groups (broad SMARTS) is 1. The maximum absolute atomic E-state index is 10.7. The molecule has 1 aromatic rings. The summed E-state index contributed by atoms with van der Waals surface area (Å²) < 4.78 is 10.5. The third-order valence-corrected chi connectivity index (χ3v) is 4.84. The number of ether oxygens (including phenoxy) is 2. The lowest BCUT2D eigenvalue weighted by Gasteiger charge is -2.41. The zero-order chi connectivity index (χ0) is 17.9. The third kappa shape index (κ3) is 4.53. The van der Waals surface area contributed by atoms with Crippen LogP contribution in [0.3, 0.4) is 0 Å². The summed E-state index contributed by atoms with van der Waals surface area (Å²) in [5, 5.41) is 19.3. The molecule has 6 nitrogen and oxygen atoms in total. The normalized spacial score (nSPS) is 24.6. The number of rotatable bonds is 6. The predicted molar refractivity (Wildman–Crippen MR) is 90.8 cm³/mol. The molecule has 0 saturated carbocycles. The van der Waals surface area contributed by atoms with Crippen molar-refractivity contribution >= 4 is 17.6 Å². The summed E-state index contributed by atoms with van der Waals surface area (Å²) in [6, 6.07) is 3.57. The number of aliphatic carboxylic acids is 1. The van der Waals surface area contributed by atoms with Gasteiger partial charge in [0.1, 0.15) is 0 Å². The average molecular weight is 358 g/mol. The highest BCUT2D eigenvalue weighted by Gasteiger charge is 2.34. The van der Waals surface area contributed by atoms with Crippen molar-refractivity contribution in [3.63, 3.8) is 0 Å². The lowest BCUT2D eigenvalue weighted by Crippen LogP contribution is -2.48. The van der Waals surface area contributed by atoms with Gasteiger partial charge in [0.2, 0.25) is 0 Å². The molecule has 1 fully saturated rings. The lowest BCUT2D eigenvalue weighted by atomic mass is 9.84. The first-order valence-electron chi connectivity index (χ1n) is 7.88. The van der Waals surface area contributed by atoms with Crippen LogP contribution in [0.5, 0.6) is 11.5 Å². The Labute approximate surface area is 146 Å². The summed E-state index contributed by atoms with van der Waals surface area (Å²) in [5.41, 5.74) is 0.327. The van der Waals surface area contributed by atoms with Crippen LogP contribution < -0.4 is 9.47 Å². The molecular formula is C17H24ClNO5. The number of methoxy groups -OCH3 is 1. The highest BCUT2D eigenvalue weighted by atomic mass is 35.5. The van der Waals surface area contributed by atoms with Gasteiger partial charge in [-0.05, 0) is 37.0 Å². The molecule has 0 bridgehead atoms. The van der Waals surface area contributed by atoms with Crippen LogP contribution in [0.4, 0.5) is 0 Å². The third-order valence-electron chi connectivity index (χ3n) is 4.56. The molecule has 134 valence electrons. The van der Waals surface area contributed by atoms with E-state index in [0.717, 1.165) is 25.1 Å². The zero-order valence-electron chi connectivity index (χ0n) is 14.2. The second-order valence-corrected chi connectivity index (χ2v) is 6.94. The number of carbonyl (C=O) groups is 1. The Kier molecular flexibility index (Phi) is 5.96. The maximum atomic E-state index is 10.7. The summed E-state index contributed by atoms with van der Waals surface area (Å²) in [6.07, 6.45) is 0.721. The predicted octanol–water partition coefficient (Wildman–Crippen LogP) is 2.40. The molecule has 0 radical (unpaired) electrons. The Morgan fingerprint density at radius 1 is 1.50 bits per heavy atom. The Bertz CT molecular complexity index is 605. The van der Waals surface area contributed by atoms with Gasteiger partial charge in [-0.25, -0.2) is 4.79 Å². The van der Waals surface area contributed by atoms with E-state index in [0.29, 0.717) is 17.3 Å². The van der Waals surface area contributed by atoms with Crippen LogP contribution >= 0.6 is 11.6 Å². The van der Waals surface area contributed by atoms with Crippen LogP contribution in [0, 0.1) is 5.92 Å². The van der Waals surface area contributed by atoms with Crippen molar-refractivity contribution in [2.75, 3.05) is 26.8 Å². The largest absolute Gasteiger partial charge is 0.493 e. The van der Waals surface area contributed by atoms with E-state index in [9.17, 15) is 9.90 Å². The number of piperidine rings is 1. The number of hydrogen-bond acceptors (Lipinski definition) is 5. The number of benzene rings is 1. The van der Waals surface area contributed by atoms with Gasteiger partial charge in [0, 0.05) is 19.6 Å². The Balaban J connectivity index is 2.11. The number of halogens is 1. The van der Waals surface area contributed by atoms with E-state index in [1.54, 1.807) is 12.1 Å². The van der Waals surface area contributed by atoms with Crippen molar-refractivity contribution in [1.82, 2.24) is 4.90 Å². The number of likely N-dealkylation sites (tertiary alicyclic amines) is 1. The minimum Gasteiger partial charge on any atom is -0.493 e. The number of aliphatic hydroxyl groups is 1. The smallest absolute Gasteiger partial charge is 0.341 e. The van der Waals surface area contributed by atoms with Crippen molar-refractivity contribution in [3.8, 4) is 11.5 Å². The number of hydrogen-bond donors (Lipinski definition) is 2. The van der Waals surface area contributed by atoms with Crippen molar-refractivity contribution < 1.29 is 24.5 Å². The highest BCUT2D eigenvalue weighted by Crippen LogP contribution is 2.37.